The molecule has 0 fully saturated rings. The summed E-state index contributed by atoms with van der Waals surface area (Å²) in [6.07, 6.45) is 1.96. The highest BCUT2D eigenvalue weighted by Crippen LogP contribution is 2.20. The van der Waals surface area contributed by atoms with Crippen LogP contribution in [0.5, 0.6) is 0 Å². The fourth-order valence-electron chi connectivity index (χ4n) is 1.54. The smallest absolute Gasteiger partial charge is 0.255 e. The van der Waals surface area contributed by atoms with Crippen LogP contribution in [0.25, 0.3) is 0 Å². The molecule has 0 saturated heterocycles. The van der Waals surface area contributed by atoms with E-state index < -0.39 is 5.82 Å². The molecule has 0 radical (unpaired) electrons. The van der Waals surface area contributed by atoms with Crippen LogP contribution in [0.4, 0.5) is 10.1 Å². The molecule has 0 aliphatic carbocycles. The van der Waals surface area contributed by atoms with Crippen molar-refractivity contribution in [3.8, 4) is 0 Å². The number of amides is 1. The second-order valence-electron chi connectivity index (χ2n) is 3.81. The Labute approximate surface area is 123 Å². The van der Waals surface area contributed by atoms with Crippen LogP contribution < -0.4 is 5.32 Å². The van der Waals surface area contributed by atoms with Crippen LogP contribution in [0, 0.1) is 5.82 Å². The van der Waals surface area contributed by atoms with Gasteiger partial charge in [0.1, 0.15) is 5.82 Å². The van der Waals surface area contributed by atoms with Crippen LogP contribution in [0.3, 0.4) is 0 Å². The number of hydrogen-bond donors (Lipinski definition) is 1. The molecule has 0 heterocycles. The first-order chi connectivity index (χ1) is 9.10. The van der Waals surface area contributed by atoms with E-state index in [9.17, 15) is 9.18 Å². The van der Waals surface area contributed by atoms with Crippen molar-refractivity contribution in [3.05, 3.63) is 58.3 Å². The molecule has 0 spiro atoms. The Kier molecular flexibility index (Phi) is 4.61. The van der Waals surface area contributed by atoms with Gasteiger partial charge in [-0.05, 0) is 58.6 Å². The molecule has 98 valence electrons. The number of hydrogen-bond acceptors (Lipinski definition) is 2. The van der Waals surface area contributed by atoms with Crippen LogP contribution in [-0.4, -0.2) is 12.2 Å². The van der Waals surface area contributed by atoms with E-state index in [0.717, 1.165) is 4.90 Å². The summed E-state index contributed by atoms with van der Waals surface area (Å²) in [5.74, 6) is -0.782. The Balaban J connectivity index is 2.18. The molecule has 5 heteroatoms. The van der Waals surface area contributed by atoms with Gasteiger partial charge in [-0.25, -0.2) is 4.39 Å². The molecule has 2 aromatic carbocycles. The predicted octanol–water partition coefficient (Wildman–Crippen LogP) is 4.56. The van der Waals surface area contributed by atoms with Gasteiger partial charge in [-0.15, -0.1) is 11.8 Å². The summed E-state index contributed by atoms with van der Waals surface area (Å²) < 4.78 is 13.7. The lowest BCUT2D eigenvalue weighted by atomic mass is 10.2. The quantitative estimate of drug-likeness (QED) is 0.830. The van der Waals surface area contributed by atoms with Gasteiger partial charge < -0.3 is 5.32 Å². The molecule has 2 rings (SSSR count). The Morgan fingerprint density at radius 2 is 2.05 bits per heavy atom. The molecule has 2 aromatic rings. The van der Waals surface area contributed by atoms with Gasteiger partial charge in [-0.3, -0.25) is 4.79 Å². The van der Waals surface area contributed by atoms with E-state index in [-0.39, 0.29) is 11.5 Å². The third kappa shape index (κ3) is 3.58. The molecule has 2 nitrogen and oxygen atoms in total. The molecule has 0 saturated carbocycles. The fraction of sp³-hybridized carbons (Fsp3) is 0.0714. The second kappa shape index (κ2) is 6.21. The SMILES string of the molecule is CSc1cccc(NC(=O)c2ccc(Br)c(F)c2)c1. The zero-order valence-corrected chi connectivity index (χ0v) is 12.5. The molecule has 1 N–H and O–H groups in total. The van der Waals surface area contributed by atoms with Crippen molar-refractivity contribution in [1.29, 1.82) is 0 Å². The number of nitrogens with one attached hydrogen (secondary N) is 1. The van der Waals surface area contributed by atoms with Gasteiger partial charge >= 0.3 is 0 Å². The molecule has 0 aromatic heterocycles. The molecule has 19 heavy (non-hydrogen) atoms. The number of thioether (sulfide) groups is 1. The van der Waals surface area contributed by atoms with Crippen molar-refractivity contribution in [2.24, 2.45) is 0 Å². The van der Waals surface area contributed by atoms with E-state index in [2.05, 4.69) is 21.2 Å². The number of carbonyl (C=O) groups is 1. The van der Waals surface area contributed by atoms with E-state index >= 15 is 0 Å². The maximum absolute atomic E-state index is 13.4. The minimum Gasteiger partial charge on any atom is -0.322 e. The highest BCUT2D eigenvalue weighted by molar-refractivity contribution is 9.10. The molecule has 0 atom stereocenters. The first-order valence-electron chi connectivity index (χ1n) is 5.50. The van der Waals surface area contributed by atoms with Crippen molar-refractivity contribution in [1.82, 2.24) is 0 Å². The Morgan fingerprint density at radius 1 is 1.26 bits per heavy atom. The van der Waals surface area contributed by atoms with E-state index in [4.69, 9.17) is 0 Å². The van der Waals surface area contributed by atoms with E-state index in [1.807, 2.05) is 24.5 Å². The second-order valence-corrected chi connectivity index (χ2v) is 5.55. The standard InChI is InChI=1S/C14H11BrFNOS/c1-19-11-4-2-3-10(8-11)17-14(18)9-5-6-12(15)13(16)7-9/h2-8H,1H3,(H,17,18). The topological polar surface area (TPSA) is 29.1 Å². The van der Waals surface area contributed by atoms with Crippen LogP contribution in [-0.2, 0) is 0 Å². The summed E-state index contributed by atoms with van der Waals surface area (Å²) in [6.45, 7) is 0. The molecule has 0 bridgehead atoms. The van der Waals surface area contributed by atoms with E-state index in [0.29, 0.717) is 10.2 Å². The first kappa shape index (κ1) is 14.1. The number of carbonyl (C=O) groups excluding carboxylic acids is 1. The van der Waals surface area contributed by atoms with Gasteiger partial charge in [0.05, 0.1) is 4.47 Å². The first-order valence-corrected chi connectivity index (χ1v) is 7.52. The van der Waals surface area contributed by atoms with Gasteiger partial charge in [0.2, 0.25) is 0 Å². The Hall–Kier alpha value is -1.33. The average molecular weight is 340 g/mol. The zero-order chi connectivity index (χ0) is 13.8. The van der Waals surface area contributed by atoms with Gasteiger partial charge in [-0.1, -0.05) is 6.07 Å². The molecule has 0 aliphatic rings. The number of rotatable bonds is 3. The van der Waals surface area contributed by atoms with Gasteiger partial charge in [0.15, 0.2) is 0 Å². The van der Waals surface area contributed by atoms with Crippen molar-refractivity contribution in [2.75, 3.05) is 11.6 Å². The van der Waals surface area contributed by atoms with Crippen molar-refractivity contribution < 1.29 is 9.18 Å². The van der Waals surface area contributed by atoms with Gasteiger partial charge in [0, 0.05) is 16.1 Å². The van der Waals surface area contributed by atoms with E-state index in [1.165, 1.54) is 12.1 Å². The van der Waals surface area contributed by atoms with Crippen molar-refractivity contribution in [2.45, 2.75) is 4.90 Å². The van der Waals surface area contributed by atoms with Gasteiger partial charge in [0.25, 0.3) is 5.91 Å². The largest absolute Gasteiger partial charge is 0.322 e. The van der Waals surface area contributed by atoms with Crippen LogP contribution in [0.15, 0.2) is 51.8 Å². The summed E-state index contributed by atoms with van der Waals surface area (Å²) in [4.78, 5) is 13.0. The normalized spacial score (nSPS) is 10.3. The van der Waals surface area contributed by atoms with Crippen LogP contribution in [0.1, 0.15) is 10.4 Å². The minimum atomic E-state index is -0.453. The maximum Gasteiger partial charge on any atom is 0.255 e. The lowest BCUT2D eigenvalue weighted by Crippen LogP contribution is -2.12. The molecule has 0 unspecified atom stereocenters. The number of halogens is 2. The Bertz CT molecular complexity index is 618. The molecular weight excluding hydrogens is 329 g/mol. The molecule has 1 amide bonds. The van der Waals surface area contributed by atoms with Crippen molar-refractivity contribution in [3.63, 3.8) is 0 Å². The lowest BCUT2D eigenvalue weighted by Gasteiger charge is -2.07. The monoisotopic (exact) mass is 339 g/mol. The van der Waals surface area contributed by atoms with E-state index in [1.54, 1.807) is 23.9 Å². The summed E-state index contributed by atoms with van der Waals surface area (Å²) in [5, 5.41) is 2.75. The van der Waals surface area contributed by atoms with Gasteiger partial charge in [-0.2, -0.15) is 0 Å². The van der Waals surface area contributed by atoms with Crippen LogP contribution >= 0.6 is 27.7 Å². The number of anilines is 1. The molecule has 0 aliphatic heterocycles. The fourth-order valence-corrected chi connectivity index (χ4v) is 2.25. The highest BCUT2D eigenvalue weighted by Gasteiger charge is 2.09. The van der Waals surface area contributed by atoms with Crippen LogP contribution in [0.2, 0.25) is 0 Å². The zero-order valence-electron chi connectivity index (χ0n) is 10.1. The number of benzene rings is 2. The Morgan fingerprint density at radius 3 is 2.74 bits per heavy atom. The minimum absolute atomic E-state index is 0.287. The third-order valence-corrected chi connectivity index (χ3v) is 3.88. The summed E-state index contributed by atoms with van der Waals surface area (Å²) in [5.41, 5.74) is 0.982. The predicted molar refractivity (Wildman–Crippen MR) is 80.3 cm³/mol. The summed E-state index contributed by atoms with van der Waals surface area (Å²) >= 11 is 4.65. The molecular formula is C14H11BrFNOS. The lowest BCUT2D eigenvalue weighted by molar-refractivity contribution is 0.102. The summed E-state index contributed by atoms with van der Waals surface area (Å²) in [7, 11) is 0. The maximum atomic E-state index is 13.4. The highest BCUT2D eigenvalue weighted by atomic mass is 79.9. The summed E-state index contributed by atoms with van der Waals surface area (Å²) in [6, 6.07) is 11.8. The third-order valence-electron chi connectivity index (χ3n) is 2.51. The average Bonchev–Trinajstić information content (AvgIpc) is 2.42. The van der Waals surface area contributed by atoms with Crippen molar-refractivity contribution >= 4 is 39.3 Å².